The van der Waals surface area contributed by atoms with Crippen molar-refractivity contribution in [2.75, 3.05) is 18.0 Å². The first-order valence-corrected chi connectivity index (χ1v) is 10.9. The molecule has 5 rings (SSSR count). The summed E-state index contributed by atoms with van der Waals surface area (Å²) in [4.78, 5) is 43.3. The van der Waals surface area contributed by atoms with Crippen LogP contribution in [0.2, 0.25) is 0 Å². The summed E-state index contributed by atoms with van der Waals surface area (Å²) in [5.41, 5.74) is 3.37. The first kappa shape index (κ1) is 20.9. The molecule has 4 heterocycles. The minimum Gasteiger partial charge on any atom is -0.507 e. The van der Waals surface area contributed by atoms with Gasteiger partial charge in [0, 0.05) is 37.0 Å². The minimum atomic E-state index is -0.211. The molecule has 0 amide bonds. The number of aromatic nitrogens is 5. The number of anilines is 1. The molecule has 4 aromatic rings. The molecule has 0 spiro atoms. The number of nitrogens with one attached hydrogen (secondary N) is 1. The molecule has 0 atom stereocenters. The zero-order valence-corrected chi connectivity index (χ0v) is 18.4. The van der Waals surface area contributed by atoms with Crippen LogP contribution in [-0.2, 0) is 0 Å². The predicted octanol–water partition coefficient (Wildman–Crippen LogP) is 2.91. The summed E-state index contributed by atoms with van der Waals surface area (Å²) >= 11 is 0. The van der Waals surface area contributed by atoms with Crippen molar-refractivity contribution in [2.24, 2.45) is 0 Å². The van der Waals surface area contributed by atoms with Gasteiger partial charge in [-0.2, -0.15) is 0 Å². The van der Waals surface area contributed by atoms with Crippen LogP contribution < -0.4 is 10.6 Å². The minimum absolute atomic E-state index is 0.0672. The van der Waals surface area contributed by atoms with Gasteiger partial charge in [0.1, 0.15) is 23.6 Å². The smallest absolute Gasteiger partial charge is 0.327 e. The highest BCUT2D eigenvalue weighted by Crippen LogP contribution is 2.28. The Morgan fingerprint density at radius 3 is 2.55 bits per heavy atom. The van der Waals surface area contributed by atoms with Gasteiger partial charge in [0.2, 0.25) is 5.78 Å². The van der Waals surface area contributed by atoms with Gasteiger partial charge in [0.05, 0.1) is 5.52 Å². The Bertz CT molecular complexity index is 1390. The van der Waals surface area contributed by atoms with Gasteiger partial charge >= 0.3 is 5.69 Å². The second-order valence-corrected chi connectivity index (χ2v) is 8.44. The number of imidazole rings is 1. The maximum atomic E-state index is 13.0. The molecular formula is C24H24N6O3. The van der Waals surface area contributed by atoms with Gasteiger partial charge in [-0.15, -0.1) is 0 Å². The summed E-state index contributed by atoms with van der Waals surface area (Å²) in [6, 6.07) is 8.86. The fourth-order valence-electron chi connectivity index (χ4n) is 4.55. The number of pyridine rings is 1. The Labute approximate surface area is 189 Å². The number of carbonyl (C=O) groups excluding carboxylic acids is 1. The van der Waals surface area contributed by atoms with Crippen LogP contribution in [0.25, 0.3) is 11.2 Å². The van der Waals surface area contributed by atoms with Gasteiger partial charge in [-0.25, -0.2) is 19.7 Å². The van der Waals surface area contributed by atoms with Gasteiger partial charge in [0.15, 0.2) is 5.65 Å². The van der Waals surface area contributed by atoms with Gasteiger partial charge in [0.25, 0.3) is 0 Å². The van der Waals surface area contributed by atoms with E-state index in [-0.39, 0.29) is 23.3 Å². The number of H-pyrrole nitrogens is 1. The van der Waals surface area contributed by atoms with E-state index in [0.717, 1.165) is 18.4 Å². The number of piperidine rings is 1. The van der Waals surface area contributed by atoms with Crippen LogP contribution in [0.3, 0.4) is 0 Å². The molecule has 1 saturated heterocycles. The number of nitrogens with zero attached hydrogens (tertiary/aromatic N) is 5. The maximum Gasteiger partial charge on any atom is 0.327 e. The number of phenolic OH excluding ortho intramolecular Hbond substituents is 1. The summed E-state index contributed by atoms with van der Waals surface area (Å²) in [7, 11) is 0. The number of aromatic hydroxyl groups is 1. The Kier molecular flexibility index (Phi) is 5.16. The molecule has 1 fully saturated rings. The van der Waals surface area contributed by atoms with E-state index in [1.807, 2.05) is 12.1 Å². The fourth-order valence-corrected chi connectivity index (χ4v) is 4.55. The normalized spacial score (nSPS) is 14.7. The van der Waals surface area contributed by atoms with Crippen molar-refractivity contribution in [1.29, 1.82) is 0 Å². The number of benzene rings is 1. The van der Waals surface area contributed by atoms with E-state index in [4.69, 9.17) is 0 Å². The van der Waals surface area contributed by atoms with Crippen LogP contribution in [-0.4, -0.2) is 48.5 Å². The summed E-state index contributed by atoms with van der Waals surface area (Å²) in [5, 5.41) is 9.99. The van der Waals surface area contributed by atoms with Crippen molar-refractivity contribution in [3.05, 3.63) is 75.7 Å². The Hall–Kier alpha value is -4.01. The topological polar surface area (TPSA) is 117 Å². The molecule has 1 aliphatic rings. The number of aromatic amines is 1. The van der Waals surface area contributed by atoms with Crippen LogP contribution in [0, 0.1) is 13.8 Å². The van der Waals surface area contributed by atoms with E-state index in [0.29, 0.717) is 46.9 Å². The van der Waals surface area contributed by atoms with E-state index < -0.39 is 0 Å². The standard InChI is InChI=1S/C24H24N6O3/c1-14-10-16(11-15(2)21(14)31)22(32)18-12-20(27-13-26-18)29-8-5-17(6-9-29)30-19-4-3-7-25-23(19)28-24(30)33/h3-4,7,10-13,17,31H,5-6,8-9H2,1-2H3,(H,25,28,33). The number of aryl methyl sites for hydroxylation is 2. The van der Waals surface area contributed by atoms with Crippen molar-refractivity contribution in [3.8, 4) is 5.75 Å². The number of hydrogen-bond donors (Lipinski definition) is 2. The summed E-state index contributed by atoms with van der Waals surface area (Å²) < 4.78 is 1.80. The maximum absolute atomic E-state index is 13.0. The second-order valence-electron chi connectivity index (χ2n) is 8.44. The molecule has 9 nitrogen and oxygen atoms in total. The van der Waals surface area contributed by atoms with Crippen molar-refractivity contribution < 1.29 is 9.90 Å². The van der Waals surface area contributed by atoms with Crippen molar-refractivity contribution in [1.82, 2.24) is 24.5 Å². The third-order valence-electron chi connectivity index (χ3n) is 6.28. The summed E-state index contributed by atoms with van der Waals surface area (Å²) in [6.07, 6.45) is 4.61. The molecule has 33 heavy (non-hydrogen) atoms. The van der Waals surface area contributed by atoms with Crippen LogP contribution in [0.5, 0.6) is 5.75 Å². The average Bonchev–Trinajstić information content (AvgIpc) is 3.17. The van der Waals surface area contributed by atoms with E-state index >= 15 is 0 Å². The van der Waals surface area contributed by atoms with Crippen LogP contribution >= 0.6 is 0 Å². The van der Waals surface area contributed by atoms with Gasteiger partial charge < -0.3 is 10.0 Å². The molecule has 0 aliphatic carbocycles. The van der Waals surface area contributed by atoms with Crippen molar-refractivity contribution >= 4 is 22.8 Å². The highest BCUT2D eigenvalue weighted by Gasteiger charge is 2.25. The Morgan fingerprint density at radius 1 is 1.09 bits per heavy atom. The number of rotatable bonds is 4. The zero-order chi connectivity index (χ0) is 23.1. The SMILES string of the molecule is Cc1cc(C(=O)c2cc(N3CCC(n4c(=O)[nH]c5ncccc54)CC3)ncn2)cc(C)c1O. The monoisotopic (exact) mass is 444 g/mol. The van der Waals surface area contributed by atoms with E-state index in [1.165, 1.54) is 6.33 Å². The third-order valence-corrected chi connectivity index (χ3v) is 6.28. The summed E-state index contributed by atoms with van der Waals surface area (Å²) in [6.45, 7) is 4.94. The lowest BCUT2D eigenvalue weighted by Gasteiger charge is -2.33. The van der Waals surface area contributed by atoms with E-state index in [1.54, 1.807) is 42.8 Å². The molecule has 0 unspecified atom stereocenters. The van der Waals surface area contributed by atoms with E-state index in [9.17, 15) is 14.7 Å². The molecule has 0 radical (unpaired) electrons. The lowest BCUT2D eigenvalue weighted by atomic mass is 10.0. The predicted molar refractivity (Wildman–Crippen MR) is 124 cm³/mol. The summed E-state index contributed by atoms with van der Waals surface area (Å²) in [5.74, 6) is 0.674. The highest BCUT2D eigenvalue weighted by molar-refractivity contribution is 6.08. The first-order chi connectivity index (χ1) is 15.9. The Balaban J connectivity index is 1.35. The van der Waals surface area contributed by atoms with Crippen LogP contribution in [0.4, 0.5) is 5.82 Å². The highest BCUT2D eigenvalue weighted by atomic mass is 16.3. The van der Waals surface area contributed by atoms with Gasteiger partial charge in [-0.1, -0.05) is 0 Å². The van der Waals surface area contributed by atoms with Gasteiger partial charge in [-0.05, 0) is 62.1 Å². The lowest BCUT2D eigenvalue weighted by Crippen LogP contribution is -2.37. The van der Waals surface area contributed by atoms with Crippen LogP contribution in [0.15, 0.2) is 47.7 Å². The zero-order valence-electron chi connectivity index (χ0n) is 18.4. The first-order valence-electron chi connectivity index (χ1n) is 10.9. The lowest BCUT2D eigenvalue weighted by molar-refractivity contribution is 0.103. The molecule has 2 N–H and O–H groups in total. The number of phenols is 1. The van der Waals surface area contributed by atoms with Crippen molar-refractivity contribution in [3.63, 3.8) is 0 Å². The number of fused-ring (bicyclic) bond motifs is 1. The number of ketones is 1. The second kappa shape index (κ2) is 8.16. The molecule has 168 valence electrons. The Morgan fingerprint density at radius 2 is 1.82 bits per heavy atom. The molecule has 3 aromatic heterocycles. The molecule has 0 bridgehead atoms. The largest absolute Gasteiger partial charge is 0.507 e. The van der Waals surface area contributed by atoms with E-state index in [2.05, 4.69) is 24.8 Å². The molecular weight excluding hydrogens is 420 g/mol. The third kappa shape index (κ3) is 3.75. The molecule has 9 heteroatoms. The quantitative estimate of drug-likeness (QED) is 0.465. The molecule has 1 aromatic carbocycles. The van der Waals surface area contributed by atoms with Gasteiger partial charge in [-0.3, -0.25) is 14.3 Å². The number of hydrogen-bond acceptors (Lipinski definition) is 7. The average molecular weight is 444 g/mol. The molecule has 1 aliphatic heterocycles. The number of carbonyl (C=O) groups is 1. The van der Waals surface area contributed by atoms with Crippen LogP contribution in [0.1, 0.15) is 46.1 Å². The van der Waals surface area contributed by atoms with Crippen molar-refractivity contribution in [2.45, 2.75) is 32.7 Å². The molecule has 0 saturated carbocycles. The fraction of sp³-hybridized carbons (Fsp3) is 0.292.